The molecule has 2 N–H and O–H groups in total. The highest BCUT2D eigenvalue weighted by atomic mass is 32.1. The van der Waals surface area contributed by atoms with Crippen molar-refractivity contribution >= 4 is 17.4 Å². The van der Waals surface area contributed by atoms with E-state index in [1.54, 1.807) is 11.3 Å². The van der Waals surface area contributed by atoms with Gasteiger partial charge in [-0.2, -0.15) is 0 Å². The van der Waals surface area contributed by atoms with Crippen molar-refractivity contribution in [2.75, 3.05) is 26.2 Å². The maximum Gasteiger partial charge on any atom is 0.315 e. The molecule has 1 saturated heterocycles. The van der Waals surface area contributed by atoms with Gasteiger partial charge >= 0.3 is 6.03 Å². The Bertz CT molecular complexity index is 487. The first-order chi connectivity index (χ1) is 11.2. The lowest BCUT2D eigenvalue weighted by molar-refractivity contribution is 0.234. The first-order valence-corrected chi connectivity index (χ1v) is 9.75. The molecule has 6 heteroatoms. The molecule has 3 rings (SSSR count). The number of carbonyl (C=O) groups is 1. The molecule has 0 aromatic carbocycles. The summed E-state index contributed by atoms with van der Waals surface area (Å²) in [4.78, 5) is 18.9. The summed E-state index contributed by atoms with van der Waals surface area (Å²) in [5.74, 6) is 1.16. The van der Waals surface area contributed by atoms with Gasteiger partial charge in [0.1, 0.15) is 0 Å². The number of hydrogen-bond donors (Lipinski definition) is 2. The van der Waals surface area contributed by atoms with Crippen LogP contribution in [-0.2, 0) is 0 Å². The molecule has 5 nitrogen and oxygen atoms in total. The molecule has 2 heterocycles. The van der Waals surface area contributed by atoms with Crippen molar-refractivity contribution in [2.45, 2.75) is 51.0 Å². The monoisotopic (exact) mass is 336 g/mol. The van der Waals surface area contributed by atoms with Crippen LogP contribution in [0.25, 0.3) is 0 Å². The molecule has 1 aliphatic heterocycles. The number of hydrogen-bond acceptors (Lipinski definition) is 4. The first-order valence-electron chi connectivity index (χ1n) is 8.87. The Morgan fingerprint density at radius 3 is 3.00 bits per heavy atom. The third-order valence-corrected chi connectivity index (χ3v) is 6.05. The van der Waals surface area contributed by atoms with E-state index >= 15 is 0 Å². The highest BCUT2D eigenvalue weighted by molar-refractivity contribution is 7.09. The minimum atomic E-state index is -0.0406. The molecule has 128 valence electrons. The number of nitrogens with one attached hydrogen (secondary N) is 2. The van der Waals surface area contributed by atoms with Crippen molar-refractivity contribution in [1.29, 1.82) is 0 Å². The third kappa shape index (κ3) is 4.91. The van der Waals surface area contributed by atoms with Gasteiger partial charge in [-0.15, -0.1) is 11.3 Å². The van der Waals surface area contributed by atoms with Gasteiger partial charge in [0.05, 0.1) is 5.01 Å². The van der Waals surface area contributed by atoms with Crippen molar-refractivity contribution in [2.24, 2.45) is 5.92 Å². The summed E-state index contributed by atoms with van der Waals surface area (Å²) in [6.07, 6.45) is 8.48. The van der Waals surface area contributed by atoms with Crippen LogP contribution in [0.2, 0.25) is 0 Å². The number of rotatable bonds is 6. The topological polar surface area (TPSA) is 57.3 Å². The molecule has 1 saturated carbocycles. The molecular weight excluding hydrogens is 308 g/mol. The minimum absolute atomic E-state index is 0.0406. The van der Waals surface area contributed by atoms with E-state index in [1.165, 1.54) is 32.2 Å². The zero-order chi connectivity index (χ0) is 16.1. The van der Waals surface area contributed by atoms with E-state index in [9.17, 15) is 4.79 Å². The number of urea groups is 1. The molecule has 0 radical (unpaired) electrons. The Morgan fingerprint density at radius 1 is 1.43 bits per heavy atom. The molecule has 1 aliphatic carbocycles. The first kappa shape index (κ1) is 16.7. The van der Waals surface area contributed by atoms with Crippen molar-refractivity contribution in [3.63, 3.8) is 0 Å². The Hall–Kier alpha value is -1.14. The highest BCUT2D eigenvalue weighted by Gasteiger charge is 2.26. The average Bonchev–Trinajstić information content (AvgIpc) is 3.28. The smallest absolute Gasteiger partial charge is 0.315 e. The normalized spacial score (nSPS) is 24.0. The van der Waals surface area contributed by atoms with Gasteiger partial charge in [-0.1, -0.05) is 19.8 Å². The highest BCUT2D eigenvalue weighted by Crippen LogP contribution is 2.26. The predicted molar refractivity (Wildman–Crippen MR) is 93.9 cm³/mol. The molecular formula is C17H28N4OS. The van der Waals surface area contributed by atoms with Gasteiger partial charge in [0.25, 0.3) is 0 Å². The number of likely N-dealkylation sites (tertiary alicyclic amines) is 1. The number of amides is 2. The van der Waals surface area contributed by atoms with Gasteiger partial charge < -0.3 is 15.5 Å². The number of carbonyl (C=O) groups excluding carboxylic acids is 1. The van der Waals surface area contributed by atoms with Gasteiger partial charge in [-0.3, -0.25) is 0 Å². The third-order valence-electron chi connectivity index (χ3n) is 5.04. The molecule has 1 aromatic heterocycles. The van der Waals surface area contributed by atoms with E-state index < -0.39 is 0 Å². The molecule has 0 unspecified atom stereocenters. The Labute approximate surface area is 142 Å². The summed E-state index contributed by atoms with van der Waals surface area (Å²) < 4.78 is 0. The lowest BCUT2D eigenvalue weighted by atomic mass is 10.1. The van der Waals surface area contributed by atoms with Crippen LogP contribution in [0.3, 0.4) is 0 Å². The summed E-state index contributed by atoms with van der Waals surface area (Å²) in [6, 6.07) is 0.257. The quantitative estimate of drug-likeness (QED) is 0.840. The maximum atomic E-state index is 12.1. The van der Waals surface area contributed by atoms with Crippen LogP contribution in [0.1, 0.15) is 50.0 Å². The van der Waals surface area contributed by atoms with Gasteiger partial charge in [0.15, 0.2) is 0 Å². The van der Waals surface area contributed by atoms with Crippen LogP contribution in [-0.4, -0.2) is 48.1 Å². The summed E-state index contributed by atoms with van der Waals surface area (Å²) in [5.41, 5.74) is 0. The average molecular weight is 337 g/mol. The predicted octanol–water partition coefficient (Wildman–Crippen LogP) is 2.81. The van der Waals surface area contributed by atoms with E-state index in [0.29, 0.717) is 12.6 Å². The van der Waals surface area contributed by atoms with Crippen molar-refractivity contribution in [3.05, 3.63) is 16.6 Å². The van der Waals surface area contributed by atoms with Crippen molar-refractivity contribution in [1.82, 2.24) is 20.5 Å². The van der Waals surface area contributed by atoms with E-state index in [4.69, 9.17) is 0 Å². The SMILES string of the molecule is C[C@H](CNC(=O)N[C@@H]1CCN(CC2CCCC2)C1)c1nccs1. The summed E-state index contributed by atoms with van der Waals surface area (Å²) in [5, 5.41) is 9.16. The summed E-state index contributed by atoms with van der Waals surface area (Å²) in [6.45, 7) is 6.08. The van der Waals surface area contributed by atoms with Gasteiger partial charge in [-0.05, 0) is 25.2 Å². The van der Waals surface area contributed by atoms with Crippen LogP contribution in [0.15, 0.2) is 11.6 Å². The zero-order valence-corrected chi connectivity index (χ0v) is 14.8. The second kappa shape index (κ2) is 8.11. The zero-order valence-electron chi connectivity index (χ0n) is 14.0. The van der Waals surface area contributed by atoms with E-state index in [1.807, 2.05) is 11.6 Å². The molecule has 0 spiro atoms. The number of nitrogens with zero attached hydrogens (tertiary/aromatic N) is 2. The molecule has 1 aromatic rings. The lowest BCUT2D eigenvalue weighted by Gasteiger charge is -2.20. The molecule has 23 heavy (non-hydrogen) atoms. The fourth-order valence-corrected chi connectivity index (χ4v) is 4.42. The fourth-order valence-electron chi connectivity index (χ4n) is 3.72. The van der Waals surface area contributed by atoms with Crippen LogP contribution < -0.4 is 10.6 Å². The van der Waals surface area contributed by atoms with Gasteiger partial charge in [0, 0.05) is 49.7 Å². The Kier molecular flexibility index (Phi) is 5.89. The lowest BCUT2D eigenvalue weighted by Crippen LogP contribution is -2.44. The Balaban J connectivity index is 1.34. The minimum Gasteiger partial charge on any atom is -0.337 e. The second-order valence-corrected chi connectivity index (χ2v) is 7.95. The maximum absolute atomic E-state index is 12.1. The van der Waals surface area contributed by atoms with Crippen LogP contribution in [0.4, 0.5) is 4.79 Å². The summed E-state index contributed by atoms with van der Waals surface area (Å²) in [7, 11) is 0. The summed E-state index contributed by atoms with van der Waals surface area (Å²) >= 11 is 1.64. The Morgan fingerprint density at radius 2 is 2.26 bits per heavy atom. The molecule has 0 bridgehead atoms. The second-order valence-electron chi connectivity index (χ2n) is 7.02. The van der Waals surface area contributed by atoms with Crippen molar-refractivity contribution in [3.8, 4) is 0 Å². The van der Waals surface area contributed by atoms with E-state index in [-0.39, 0.29) is 11.9 Å². The molecule has 2 atom stereocenters. The molecule has 2 fully saturated rings. The van der Waals surface area contributed by atoms with Gasteiger partial charge in [-0.25, -0.2) is 9.78 Å². The van der Waals surface area contributed by atoms with Crippen molar-refractivity contribution < 1.29 is 4.79 Å². The van der Waals surface area contributed by atoms with Gasteiger partial charge in [0.2, 0.25) is 0 Å². The van der Waals surface area contributed by atoms with E-state index in [2.05, 4.69) is 27.4 Å². The fraction of sp³-hybridized carbons (Fsp3) is 0.765. The van der Waals surface area contributed by atoms with E-state index in [0.717, 1.165) is 30.4 Å². The number of aromatic nitrogens is 1. The largest absolute Gasteiger partial charge is 0.337 e. The number of thiazole rings is 1. The van der Waals surface area contributed by atoms with Crippen LogP contribution in [0.5, 0.6) is 0 Å². The standard InChI is InChI=1S/C17H28N4OS/c1-13(16-18-7-9-23-16)10-19-17(22)20-15-6-8-21(12-15)11-14-4-2-3-5-14/h7,9,13-15H,2-6,8,10-12H2,1H3,(H2,19,20,22)/t13-,15-/m1/s1. The van der Waals surface area contributed by atoms with Crippen LogP contribution >= 0.6 is 11.3 Å². The molecule has 2 amide bonds. The molecule has 2 aliphatic rings. The van der Waals surface area contributed by atoms with Crippen LogP contribution in [0, 0.1) is 5.92 Å².